The highest BCUT2D eigenvalue weighted by molar-refractivity contribution is 8.26. The number of amides is 1. The Bertz CT molecular complexity index is 713. The van der Waals surface area contributed by atoms with Gasteiger partial charge in [-0.3, -0.25) is 14.5 Å². The topological polar surface area (TPSA) is 66.8 Å². The molecule has 0 spiro atoms. The summed E-state index contributed by atoms with van der Waals surface area (Å²) < 4.78 is 5.98. The monoisotopic (exact) mass is 391 g/mol. The predicted octanol–water partition coefficient (Wildman–Crippen LogP) is 4.10. The molecule has 5 nitrogen and oxygen atoms in total. The van der Waals surface area contributed by atoms with Crippen LogP contribution < -0.4 is 4.74 Å². The normalized spacial score (nSPS) is 15.5. The molecule has 1 fully saturated rings. The van der Waals surface area contributed by atoms with Gasteiger partial charge >= 0.3 is 5.97 Å². The molecule has 1 amide bonds. The first-order valence-electron chi connectivity index (χ1n) is 8.32. The number of thiocarbonyl (C=S) groups is 1. The zero-order valence-electron chi connectivity index (χ0n) is 14.3. The van der Waals surface area contributed by atoms with Crippen molar-refractivity contribution in [2.24, 2.45) is 0 Å². The number of hydrogen-bond acceptors (Lipinski definition) is 5. The van der Waals surface area contributed by atoms with E-state index in [0.717, 1.165) is 24.2 Å². The number of ether oxygens (including phenoxy) is 1. The van der Waals surface area contributed by atoms with Crippen molar-refractivity contribution in [3.8, 4) is 5.75 Å². The van der Waals surface area contributed by atoms with Gasteiger partial charge in [0.25, 0.3) is 5.91 Å². The van der Waals surface area contributed by atoms with Crippen molar-refractivity contribution < 1.29 is 19.4 Å². The van der Waals surface area contributed by atoms with Gasteiger partial charge in [0.1, 0.15) is 16.7 Å². The second-order valence-corrected chi connectivity index (χ2v) is 7.38. The van der Waals surface area contributed by atoms with E-state index in [1.165, 1.54) is 11.8 Å². The summed E-state index contributed by atoms with van der Waals surface area (Å²) in [5, 5.41) is 8.63. The molecule has 1 aliphatic heterocycles. The van der Waals surface area contributed by atoms with Crippen LogP contribution in [0.15, 0.2) is 41.8 Å². The van der Waals surface area contributed by atoms with Gasteiger partial charge in [0, 0.05) is 13.0 Å². The molecule has 138 valence electrons. The Morgan fingerprint density at radius 1 is 1.27 bits per heavy atom. The summed E-state index contributed by atoms with van der Waals surface area (Å²) in [6, 6.07) is 7.46. The van der Waals surface area contributed by atoms with Crippen molar-refractivity contribution in [2.45, 2.75) is 25.7 Å². The number of carboxylic acid groups (broad SMARTS) is 1. The van der Waals surface area contributed by atoms with Crippen molar-refractivity contribution in [3.63, 3.8) is 0 Å². The molecule has 2 rings (SSSR count). The lowest BCUT2D eigenvalue weighted by atomic mass is 10.2. The number of thioether (sulfide) groups is 1. The highest BCUT2D eigenvalue weighted by Gasteiger charge is 2.31. The van der Waals surface area contributed by atoms with Gasteiger partial charge in [0.2, 0.25) is 0 Å². The molecule has 0 aromatic heterocycles. The maximum Gasteiger partial charge on any atom is 0.303 e. The van der Waals surface area contributed by atoms with Crippen molar-refractivity contribution in [3.05, 3.63) is 47.4 Å². The van der Waals surface area contributed by atoms with Crippen LogP contribution in [0.25, 0.3) is 6.08 Å². The molecule has 1 N–H and O–H groups in total. The van der Waals surface area contributed by atoms with Gasteiger partial charge in [-0.25, -0.2) is 0 Å². The lowest BCUT2D eigenvalue weighted by Crippen LogP contribution is -2.29. The van der Waals surface area contributed by atoms with Crippen LogP contribution in [0.5, 0.6) is 5.75 Å². The Hall–Kier alpha value is -2.12. The first-order valence-corrected chi connectivity index (χ1v) is 9.54. The summed E-state index contributed by atoms with van der Waals surface area (Å²) in [5.74, 6) is -0.138. The Morgan fingerprint density at radius 3 is 2.65 bits per heavy atom. The molecule has 1 saturated heterocycles. The molecular formula is C19H21NO4S2. The van der Waals surface area contributed by atoms with Gasteiger partial charge < -0.3 is 9.84 Å². The number of carboxylic acids is 1. The number of nitrogens with zero attached hydrogens (tertiary/aromatic N) is 1. The van der Waals surface area contributed by atoms with E-state index in [9.17, 15) is 9.59 Å². The van der Waals surface area contributed by atoms with Gasteiger partial charge in [-0.1, -0.05) is 55.2 Å². The Balaban J connectivity index is 1.91. The summed E-state index contributed by atoms with van der Waals surface area (Å²) in [5.41, 5.74) is 0.901. The summed E-state index contributed by atoms with van der Waals surface area (Å²) in [4.78, 5) is 25.2. The average molecular weight is 392 g/mol. The summed E-state index contributed by atoms with van der Waals surface area (Å²) in [7, 11) is 0. The number of carbonyl (C=O) groups excluding carboxylic acids is 1. The summed E-state index contributed by atoms with van der Waals surface area (Å²) in [6.07, 6.45) is 5.77. The SMILES string of the molecule is C=CCOc1ccc(C=C2SC(=S)N(CCCCCC(=O)O)C2=O)cc1. The fraction of sp³-hybridized carbons (Fsp3) is 0.316. The zero-order chi connectivity index (χ0) is 18.9. The number of carbonyl (C=O) groups is 2. The summed E-state index contributed by atoms with van der Waals surface area (Å²) in [6.45, 7) is 4.58. The fourth-order valence-electron chi connectivity index (χ4n) is 2.38. The molecule has 0 radical (unpaired) electrons. The molecule has 1 aliphatic rings. The predicted molar refractivity (Wildman–Crippen MR) is 108 cm³/mol. The fourth-order valence-corrected chi connectivity index (χ4v) is 3.69. The number of unbranched alkanes of at least 4 members (excludes halogenated alkanes) is 2. The van der Waals surface area contributed by atoms with Crippen LogP contribution in [-0.2, 0) is 9.59 Å². The minimum Gasteiger partial charge on any atom is -0.490 e. The quantitative estimate of drug-likeness (QED) is 0.280. The van der Waals surface area contributed by atoms with Crippen LogP contribution in [0, 0.1) is 0 Å². The third-order valence-corrected chi connectivity index (χ3v) is 5.07. The molecule has 0 unspecified atom stereocenters. The standard InChI is InChI=1S/C19H21NO4S2/c1-2-12-24-15-9-7-14(8-10-15)13-16-18(23)20(19(25)26-16)11-5-3-4-6-17(21)22/h2,7-10,13H,1,3-6,11-12H2,(H,21,22). The minimum atomic E-state index is -0.792. The van der Waals surface area contributed by atoms with E-state index < -0.39 is 5.97 Å². The van der Waals surface area contributed by atoms with E-state index in [0.29, 0.717) is 28.8 Å². The van der Waals surface area contributed by atoms with Crippen molar-refractivity contribution in [1.29, 1.82) is 0 Å². The average Bonchev–Trinajstić information content (AvgIpc) is 2.87. The van der Waals surface area contributed by atoms with Gasteiger partial charge in [0.15, 0.2) is 0 Å². The van der Waals surface area contributed by atoms with E-state index in [2.05, 4.69) is 6.58 Å². The van der Waals surface area contributed by atoms with Crippen LogP contribution in [0.2, 0.25) is 0 Å². The van der Waals surface area contributed by atoms with Gasteiger partial charge in [-0.15, -0.1) is 0 Å². The highest BCUT2D eigenvalue weighted by atomic mass is 32.2. The molecule has 0 bridgehead atoms. The Morgan fingerprint density at radius 2 is 2.00 bits per heavy atom. The third kappa shape index (κ3) is 6.00. The minimum absolute atomic E-state index is 0.0924. The third-order valence-electron chi connectivity index (χ3n) is 3.69. The highest BCUT2D eigenvalue weighted by Crippen LogP contribution is 2.33. The molecule has 26 heavy (non-hydrogen) atoms. The van der Waals surface area contributed by atoms with Crippen LogP contribution in [-0.4, -0.2) is 39.4 Å². The van der Waals surface area contributed by atoms with E-state index in [-0.39, 0.29) is 12.3 Å². The van der Waals surface area contributed by atoms with E-state index in [4.69, 9.17) is 22.1 Å². The molecule has 1 aromatic carbocycles. The van der Waals surface area contributed by atoms with Crippen LogP contribution >= 0.6 is 24.0 Å². The second kappa shape index (κ2) is 10.1. The lowest BCUT2D eigenvalue weighted by molar-refractivity contribution is -0.137. The number of aliphatic carboxylic acids is 1. The number of benzene rings is 1. The first-order chi connectivity index (χ1) is 12.5. The van der Waals surface area contributed by atoms with E-state index >= 15 is 0 Å². The smallest absolute Gasteiger partial charge is 0.303 e. The molecular weight excluding hydrogens is 370 g/mol. The van der Waals surface area contributed by atoms with Crippen LogP contribution in [0.1, 0.15) is 31.2 Å². The van der Waals surface area contributed by atoms with Crippen molar-refractivity contribution >= 4 is 46.3 Å². The van der Waals surface area contributed by atoms with Gasteiger partial charge in [0.05, 0.1) is 4.91 Å². The number of hydrogen-bond donors (Lipinski definition) is 1. The van der Waals surface area contributed by atoms with E-state index in [1.54, 1.807) is 11.0 Å². The Labute approximate surface area is 162 Å². The molecule has 0 atom stereocenters. The zero-order valence-corrected chi connectivity index (χ0v) is 16.0. The molecule has 1 heterocycles. The molecule has 0 saturated carbocycles. The number of rotatable bonds is 10. The lowest BCUT2D eigenvalue weighted by Gasteiger charge is -2.13. The molecule has 7 heteroatoms. The largest absolute Gasteiger partial charge is 0.490 e. The van der Waals surface area contributed by atoms with Gasteiger partial charge in [-0.05, 0) is 36.6 Å². The first kappa shape index (κ1) is 20.2. The Kier molecular flexibility index (Phi) is 7.87. The van der Waals surface area contributed by atoms with Crippen LogP contribution in [0.4, 0.5) is 0 Å². The van der Waals surface area contributed by atoms with Crippen molar-refractivity contribution in [2.75, 3.05) is 13.2 Å². The van der Waals surface area contributed by atoms with Crippen LogP contribution in [0.3, 0.4) is 0 Å². The van der Waals surface area contributed by atoms with Gasteiger partial charge in [-0.2, -0.15) is 0 Å². The van der Waals surface area contributed by atoms with E-state index in [1.807, 2.05) is 30.3 Å². The maximum absolute atomic E-state index is 12.5. The van der Waals surface area contributed by atoms with Crippen molar-refractivity contribution in [1.82, 2.24) is 4.90 Å². The molecule has 1 aromatic rings. The second-order valence-electron chi connectivity index (χ2n) is 5.71. The summed E-state index contributed by atoms with van der Waals surface area (Å²) >= 11 is 6.60. The maximum atomic E-state index is 12.5. The molecule has 0 aliphatic carbocycles.